The Hall–Kier alpha value is -1.07. The molecule has 0 aromatic heterocycles. The molecule has 0 atom stereocenters. The van der Waals surface area contributed by atoms with Crippen LogP contribution in [0.1, 0.15) is 20.8 Å². The first kappa shape index (κ1) is 12.9. The normalized spacial score (nSPS) is 14.1. The molecule has 0 saturated carbocycles. The molecule has 0 spiro atoms. The zero-order chi connectivity index (χ0) is 11.6. The molecule has 6 heteroatoms. The number of carbonyl (C=O) groups excluding carboxylic acids is 1. The van der Waals surface area contributed by atoms with Gasteiger partial charge in [-0.25, -0.2) is 9.18 Å². The Bertz CT molecular complexity index is 247. The van der Waals surface area contributed by atoms with Crippen molar-refractivity contribution in [2.75, 3.05) is 0 Å². The molecule has 0 aromatic rings. The Balaban J connectivity index is 4.46. The molecule has 2 nitrogen and oxygen atoms in total. The van der Waals surface area contributed by atoms with Crippen molar-refractivity contribution in [3.05, 3.63) is 11.9 Å². The van der Waals surface area contributed by atoms with Crippen molar-refractivity contribution < 1.29 is 27.1 Å². The SMILES string of the molecule is CC(C)(C)OC(=O)/C=C(\F)C(F)(F)F. The van der Waals surface area contributed by atoms with Crippen LogP contribution in [0.5, 0.6) is 0 Å². The van der Waals surface area contributed by atoms with E-state index in [1.165, 1.54) is 20.8 Å². The summed E-state index contributed by atoms with van der Waals surface area (Å²) in [5.41, 5.74) is -0.945. The molecule has 82 valence electrons. The lowest BCUT2D eigenvalue weighted by molar-refractivity contribution is -0.150. The van der Waals surface area contributed by atoms with E-state index in [0.717, 1.165) is 0 Å². The Morgan fingerprint density at radius 2 is 1.64 bits per heavy atom. The monoisotopic (exact) mass is 214 g/mol. The van der Waals surface area contributed by atoms with Crippen LogP contribution in [0.3, 0.4) is 0 Å². The topological polar surface area (TPSA) is 26.3 Å². The molecule has 0 aliphatic carbocycles. The Morgan fingerprint density at radius 3 is 1.93 bits per heavy atom. The van der Waals surface area contributed by atoms with E-state index in [9.17, 15) is 22.4 Å². The molecule has 14 heavy (non-hydrogen) atoms. The van der Waals surface area contributed by atoms with Crippen LogP contribution in [0, 0.1) is 0 Å². The molecule has 0 unspecified atom stereocenters. The van der Waals surface area contributed by atoms with Gasteiger partial charge in [0.1, 0.15) is 5.60 Å². The number of carbonyl (C=O) groups is 1. The molecule has 0 N–H and O–H groups in total. The fourth-order valence-corrected chi connectivity index (χ4v) is 0.517. The molecule has 0 radical (unpaired) electrons. The van der Waals surface area contributed by atoms with E-state index in [1.54, 1.807) is 0 Å². The van der Waals surface area contributed by atoms with Crippen molar-refractivity contribution in [3.8, 4) is 0 Å². The third-order valence-corrected chi connectivity index (χ3v) is 0.922. The number of hydrogen-bond donors (Lipinski definition) is 0. The fourth-order valence-electron chi connectivity index (χ4n) is 0.517. The van der Waals surface area contributed by atoms with Crippen LogP contribution in [0.25, 0.3) is 0 Å². The average Bonchev–Trinajstić information content (AvgIpc) is 1.79. The second-order valence-electron chi connectivity index (χ2n) is 3.52. The smallest absolute Gasteiger partial charge is 0.443 e. The van der Waals surface area contributed by atoms with Gasteiger partial charge in [-0.15, -0.1) is 0 Å². The van der Waals surface area contributed by atoms with Crippen LogP contribution >= 0.6 is 0 Å². The van der Waals surface area contributed by atoms with Gasteiger partial charge >= 0.3 is 12.1 Å². The summed E-state index contributed by atoms with van der Waals surface area (Å²) >= 11 is 0. The Morgan fingerprint density at radius 1 is 1.21 bits per heavy atom. The molecular weight excluding hydrogens is 204 g/mol. The molecule has 0 aliphatic rings. The maximum absolute atomic E-state index is 12.2. The minimum Gasteiger partial charge on any atom is -0.457 e. The lowest BCUT2D eigenvalue weighted by Gasteiger charge is -2.18. The summed E-state index contributed by atoms with van der Waals surface area (Å²) in [5, 5.41) is 0. The molecule has 0 heterocycles. The van der Waals surface area contributed by atoms with Gasteiger partial charge in [0, 0.05) is 0 Å². The highest BCUT2D eigenvalue weighted by Gasteiger charge is 2.35. The minimum atomic E-state index is -5.14. The van der Waals surface area contributed by atoms with Crippen molar-refractivity contribution in [2.24, 2.45) is 0 Å². The summed E-state index contributed by atoms with van der Waals surface area (Å²) in [7, 11) is 0. The molecule has 0 rings (SSSR count). The van der Waals surface area contributed by atoms with Crippen LogP contribution in [-0.4, -0.2) is 17.7 Å². The number of rotatable bonds is 1. The second kappa shape index (κ2) is 3.98. The van der Waals surface area contributed by atoms with Crippen LogP contribution in [0.4, 0.5) is 17.6 Å². The maximum atomic E-state index is 12.2. The van der Waals surface area contributed by atoms with Gasteiger partial charge in [-0.3, -0.25) is 0 Å². The standard InChI is InChI=1S/C8H10F4O2/c1-7(2,3)14-6(13)4-5(9)8(10,11)12/h4H,1-3H3/b5-4-. The first-order chi connectivity index (χ1) is 6.02. The fraction of sp³-hybridized carbons (Fsp3) is 0.625. The predicted octanol–water partition coefficient (Wildman–Crippen LogP) is 2.74. The summed E-state index contributed by atoms with van der Waals surface area (Å²) in [6, 6.07) is 0. The van der Waals surface area contributed by atoms with Gasteiger partial charge < -0.3 is 4.74 Å². The van der Waals surface area contributed by atoms with Crippen LogP contribution in [0.15, 0.2) is 11.9 Å². The number of esters is 1. The number of alkyl halides is 3. The van der Waals surface area contributed by atoms with E-state index in [4.69, 9.17) is 0 Å². The minimum absolute atomic E-state index is 0.217. The van der Waals surface area contributed by atoms with Crippen LogP contribution in [0.2, 0.25) is 0 Å². The second-order valence-corrected chi connectivity index (χ2v) is 3.52. The van der Waals surface area contributed by atoms with Gasteiger partial charge in [-0.1, -0.05) is 0 Å². The van der Waals surface area contributed by atoms with Crippen molar-refractivity contribution in [1.29, 1.82) is 0 Å². The lowest BCUT2D eigenvalue weighted by Crippen LogP contribution is -2.23. The van der Waals surface area contributed by atoms with Gasteiger partial charge in [0.2, 0.25) is 5.83 Å². The molecule has 0 aromatic carbocycles. The quantitative estimate of drug-likeness (QED) is 0.381. The first-order valence-electron chi connectivity index (χ1n) is 3.70. The number of halogens is 4. The number of allylic oxidation sites excluding steroid dienone is 1. The van der Waals surface area contributed by atoms with Gasteiger partial charge in [-0.2, -0.15) is 13.2 Å². The number of hydrogen-bond acceptors (Lipinski definition) is 2. The van der Waals surface area contributed by atoms with E-state index in [1.807, 2.05) is 0 Å². The van der Waals surface area contributed by atoms with E-state index < -0.39 is 23.6 Å². The first-order valence-corrected chi connectivity index (χ1v) is 3.70. The molecule has 0 fully saturated rings. The van der Waals surface area contributed by atoms with Gasteiger partial charge in [0.05, 0.1) is 6.08 Å². The third-order valence-electron chi connectivity index (χ3n) is 0.922. The predicted molar refractivity (Wildman–Crippen MR) is 41.1 cm³/mol. The molecule has 0 aliphatic heterocycles. The van der Waals surface area contributed by atoms with Crippen molar-refractivity contribution >= 4 is 5.97 Å². The number of ether oxygens (including phenoxy) is 1. The van der Waals surface area contributed by atoms with E-state index in [0.29, 0.717) is 0 Å². The average molecular weight is 214 g/mol. The highest BCUT2D eigenvalue weighted by molar-refractivity contribution is 5.82. The van der Waals surface area contributed by atoms with Crippen LogP contribution < -0.4 is 0 Å². The zero-order valence-electron chi connectivity index (χ0n) is 7.91. The molecule has 0 bridgehead atoms. The summed E-state index contributed by atoms with van der Waals surface area (Å²) in [4.78, 5) is 10.7. The highest BCUT2D eigenvalue weighted by atomic mass is 19.4. The van der Waals surface area contributed by atoms with E-state index in [2.05, 4.69) is 4.74 Å². The van der Waals surface area contributed by atoms with Crippen molar-refractivity contribution in [2.45, 2.75) is 32.5 Å². The molecule has 0 amide bonds. The Labute approximate surface area is 78.5 Å². The maximum Gasteiger partial charge on any atom is 0.443 e. The largest absolute Gasteiger partial charge is 0.457 e. The summed E-state index contributed by atoms with van der Waals surface area (Å²) in [5.74, 6) is -3.82. The van der Waals surface area contributed by atoms with Gasteiger partial charge in [0.25, 0.3) is 0 Å². The van der Waals surface area contributed by atoms with Crippen molar-refractivity contribution in [1.82, 2.24) is 0 Å². The third kappa shape index (κ3) is 5.55. The molecule has 0 saturated heterocycles. The van der Waals surface area contributed by atoms with Gasteiger partial charge in [0.15, 0.2) is 0 Å². The molecular formula is C8H10F4O2. The van der Waals surface area contributed by atoms with E-state index in [-0.39, 0.29) is 6.08 Å². The lowest BCUT2D eigenvalue weighted by atomic mass is 10.2. The summed E-state index contributed by atoms with van der Waals surface area (Å²) < 4.78 is 51.4. The zero-order valence-corrected chi connectivity index (χ0v) is 7.91. The Kier molecular flexibility index (Phi) is 3.67. The van der Waals surface area contributed by atoms with E-state index >= 15 is 0 Å². The van der Waals surface area contributed by atoms with Crippen LogP contribution in [-0.2, 0) is 9.53 Å². The summed E-state index contributed by atoms with van der Waals surface area (Å²) in [6.45, 7) is 4.39. The van der Waals surface area contributed by atoms with Crippen molar-refractivity contribution in [3.63, 3.8) is 0 Å². The van der Waals surface area contributed by atoms with Gasteiger partial charge in [-0.05, 0) is 20.8 Å². The highest BCUT2D eigenvalue weighted by Crippen LogP contribution is 2.26. The summed E-state index contributed by atoms with van der Waals surface area (Å²) in [6.07, 6.45) is -5.36.